The molecule has 0 spiro atoms. The SMILES string of the molecule is CC(=O)N(CC(=O)N1CCOCC1)c1c(C)cc(C)cc1C. The Morgan fingerprint density at radius 1 is 1.14 bits per heavy atom. The molecule has 1 heterocycles. The van der Waals surface area contributed by atoms with E-state index in [1.54, 1.807) is 9.80 Å². The number of hydrogen-bond acceptors (Lipinski definition) is 3. The zero-order chi connectivity index (χ0) is 16.3. The Bertz CT molecular complexity index is 554. The summed E-state index contributed by atoms with van der Waals surface area (Å²) >= 11 is 0. The highest BCUT2D eigenvalue weighted by atomic mass is 16.5. The average Bonchev–Trinajstić information content (AvgIpc) is 2.45. The van der Waals surface area contributed by atoms with Gasteiger partial charge in [-0.25, -0.2) is 0 Å². The number of benzene rings is 1. The van der Waals surface area contributed by atoms with Crippen molar-refractivity contribution >= 4 is 17.5 Å². The topological polar surface area (TPSA) is 49.9 Å². The highest BCUT2D eigenvalue weighted by Gasteiger charge is 2.24. The van der Waals surface area contributed by atoms with Crippen LogP contribution in [0.25, 0.3) is 0 Å². The average molecular weight is 304 g/mol. The molecule has 120 valence electrons. The summed E-state index contributed by atoms with van der Waals surface area (Å²) in [6, 6.07) is 4.08. The van der Waals surface area contributed by atoms with Crippen molar-refractivity contribution in [2.24, 2.45) is 0 Å². The van der Waals surface area contributed by atoms with Gasteiger partial charge in [0.2, 0.25) is 11.8 Å². The maximum absolute atomic E-state index is 12.5. The number of carbonyl (C=O) groups excluding carboxylic acids is 2. The second-order valence-corrected chi connectivity index (χ2v) is 5.85. The molecule has 0 radical (unpaired) electrons. The van der Waals surface area contributed by atoms with Crippen molar-refractivity contribution in [2.45, 2.75) is 27.7 Å². The number of nitrogens with zero attached hydrogens (tertiary/aromatic N) is 2. The Labute approximate surface area is 131 Å². The minimum atomic E-state index is -0.114. The van der Waals surface area contributed by atoms with Crippen LogP contribution in [0.3, 0.4) is 0 Å². The number of morpholine rings is 1. The maximum atomic E-state index is 12.5. The Morgan fingerprint density at radius 2 is 1.68 bits per heavy atom. The third kappa shape index (κ3) is 3.65. The lowest BCUT2D eigenvalue weighted by Crippen LogP contribution is -2.47. The van der Waals surface area contributed by atoms with Crippen LogP contribution in [-0.4, -0.2) is 49.6 Å². The molecule has 2 rings (SSSR count). The Kier molecular flexibility index (Phi) is 5.19. The molecule has 1 aliphatic rings. The van der Waals surface area contributed by atoms with Crippen LogP contribution >= 0.6 is 0 Å². The van der Waals surface area contributed by atoms with E-state index < -0.39 is 0 Å². The molecular formula is C17H24N2O3. The molecule has 0 aromatic heterocycles. The quantitative estimate of drug-likeness (QED) is 0.856. The van der Waals surface area contributed by atoms with Gasteiger partial charge in [-0.3, -0.25) is 9.59 Å². The fourth-order valence-corrected chi connectivity index (χ4v) is 2.99. The Morgan fingerprint density at radius 3 is 2.18 bits per heavy atom. The summed E-state index contributed by atoms with van der Waals surface area (Å²) in [4.78, 5) is 27.9. The lowest BCUT2D eigenvalue weighted by atomic mass is 10.0. The molecule has 0 aliphatic carbocycles. The summed E-state index contributed by atoms with van der Waals surface area (Å²) in [6.45, 7) is 9.89. The minimum absolute atomic E-state index is 0.0297. The van der Waals surface area contributed by atoms with E-state index in [9.17, 15) is 9.59 Å². The van der Waals surface area contributed by atoms with Crippen LogP contribution in [0.5, 0.6) is 0 Å². The van der Waals surface area contributed by atoms with Gasteiger partial charge in [-0.15, -0.1) is 0 Å². The van der Waals surface area contributed by atoms with Gasteiger partial charge >= 0.3 is 0 Å². The van der Waals surface area contributed by atoms with Crippen molar-refractivity contribution in [3.05, 3.63) is 28.8 Å². The van der Waals surface area contributed by atoms with Crippen molar-refractivity contribution in [3.8, 4) is 0 Å². The summed E-state index contributed by atoms with van der Waals surface area (Å²) in [5.41, 5.74) is 4.03. The zero-order valence-corrected chi connectivity index (χ0v) is 13.8. The number of anilines is 1. The normalized spacial score (nSPS) is 14.8. The number of rotatable bonds is 3. The van der Waals surface area contributed by atoms with Crippen LogP contribution < -0.4 is 4.90 Å². The number of hydrogen-bond donors (Lipinski definition) is 0. The van der Waals surface area contributed by atoms with E-state index in [4.69, 9.17) is 4.74 Å². The van der Waals surface area contributed by atoms with E-state index in [2.05, 4.69) is 0 Å². The van der Waals surface area contributed by atoms with E-state index in [-0.39, 0.29) is 18.4 Å². The molecule has 1 aromatic carbocycles. The van der Waals surface area contributed by atoms with Crippen LogP contribution in [-0.2, 0) is 14.3 Å². The largest absolute Gasteiger partial charge is 0.378 e. The molecule has 22 heavy (non-hydrogen) atoms. The van der Waals surface area contributed by atoms with Gasteiger partial charge in [0.15, 0.2) is 0 Å². The molecule has 1 fully saturated rings. The summed E-state index contributed by atoms with van der Waals surface area (Å²) in [5, 5.41) is 0. The van der Waals surface area contributed by atoms with Crippen LogP contribution in [0, 0.1) is 20.8 Å². The Hall–Kier alpha value is -1.88. The van der Waals surface area contributed by atoms with E-state index in [1.807, 2.05) is 32.9 Å². The maximum Gasteiger partial charge on any atom is 0.242 e. The van der Waals surface area contributed by atoms with Gasteiger partial charge < -0.3 is 14.5 Å². The molecule has 1 aliphatic heterocycles. The molecule has 0 unspecified atom stereocenters. The highest BCUT2D eigenvalue weighted by Crippen LogP contribution is 2.26. The summed E-state index contributed by atoms with van der Waals surface area (Å²) in [5.74, 6) is -0.144. The van der Waals surface area contributed by atoms with Gasteiger partial charge in [-0.1, -0.05) is 17.7 Å². The first-order valence-corrected chi connectivity index (χ1v) is 7.61. The lowest BCUT2D eigenvalue weighted by molar-refractivity contribution is -0.134. The molecule has 1 saturated heterocycles. The summed E-state index contributed by atoms with van der Waals surface area (Å²) < 4.78 is 5.26. The van der Waals surface area contributed by atoms with E-state index in [0.717, 1.165) is 22.4 Å². The molecule has 0 saturated carbocycles. The van der Waals surface area contributed by atoms with Crippen molar-refractivity contribution in [3.63, 3.8) is 0 Å². The standard InChI is InChI=1S/C17H24N2O3/c1-12-9-13(2)17(14(3)10-12)19(15(4)20)11-16(21)18-5-7-22-8-6-18/h9-10H,5-8,11H2,1-4H3. The molecule has 1 aromatic rings. The first-order valence-electron chi connectivity index (χ1n) is 7.61. The number of aryl methyl sites for hydroxylation is 3. The van der Waals surface area contributed by atoms with Gasteiger partial charge in [0, 0.05) is 20.0 Å². The van der Waals surface area contributed by atoms with Crippen molar-refractivity contribution in [2.75, 3.05) is 37.7 Å². The van der Waals surface area contributed by atoms with E-state index in [0.29, 0.717) is 26.3 Å². The molecule has 5 heteroatoms. The first kappa shape index (κ1) is 16.5. The number of ether oxygens (including phenoxy) is 1. The van der Waals surface area contributed by atoms with Crippen LogP contribution in [0.1, 0.15) is 23.6 Å². The highest BCUT2D eigenvalue weighted by molar-refractivity contribution is 5.98. The third-order valence-corrected chi connectivity index (χ3v) is 3.94. The van der Waals surface area contributed by atoms with Gasteiger partial charge in [-0.2, -0.15) is 0 Å². The minimum Gasteiger partial charge on any atom is -0.378 e. The zero-order valence-electron chi connectivity index (χ0n) is 13.8. The molecule has 2 amide bonds. The summed E-state index contributed by atoms with van der Waals surface area (Å²) in [6.07, 6.45) is 0. The van der Waals surface area contributed by atoms with Crippen molar-refractivity contribution in [1.29, 1.82) is 0 Å². The smallest absolute Gasteiger partial charge is 0.242 e. The van der Waals surface area contributed by atoms with Crippen LogP contribution in [0.4, 0.5) is 5.69 Å². The monoisotopic (exact) mass is 304 g/mol. The molecular weight excluding hydrogens is 280 g/mol. The van der Waals surface area contributed by atoms with Crippen LogP contribution in [0.2, 0.25) is 0 Å². The fourth-order valence-electron chi connectivity index (χ4n) is 2.99. The second kappa shape index (κ2) is 6.92. The lowest BCUT2D eigenvalue weighted by Gasteiger charge is -2.31. The predicted octanol–water partition coefficient (Wildman–Crippen LogP) is 1.82. The van der Waals surface area contributed by atoms with Crippen LogP contribution in [0.15, 0.2) is 12.1 Å². The molecule has 0 atom stereocenters. The number of carbonyl (C=O) groups is 2. The predicted molar refractivity (Wildman–Crippen MR) is 86.1 cm³/mol. The van der Waals surface area contributed by atoms with E-state index in [1.165, 1.54) is 6.92 Å². The molecule has 0 N–H and O–H groups in total. The Balaban J connectivity index is 2.24. The number of amides is 2. The molecule has 0 bridgehead atoms. The van der Waals surface area contributed by atoms with Gasteiger partial charge in [-0.05, 0) is 31.9 Å². The molecule has 5 nitrogen and oxygen atoms in total. The van der Waals surface area contributed by atoms with Crippen molar-refractivity contribution in [1.82, 2.24) is 4.90 Å². The van der Waals surface area contributed by atoms with Crippen molar-refractivity contribution < 1.29 is 14.3 Å². The fraction of sp³-hybridized carbons (Fsp3) is 0.529. The third-order valence-electron chi connectivity index (χ3n) is 3.94. The van der Waals surface area contributed by atoms with E-state index >= 15 is 0 Å². The van der Waals surface area contributed by atoms with Gasteiger partial charge in [0.1, 0.15) is 6.54 Å². The first-order chi connectivity index (χ1) is 10.4. The second-order valence-electron chi connectivity index (χ2n) is 5.85. The summed E-state index contributed by atoms with van der Waals surface area (Å²) in [7, 11) is 0. The van der Waals surface area contributed by atoms with Gasteiger partial charge in [0.25, 0.3) is 0 Å². The van der Waals surface area contributed by atoms with Gasteiger partial charge in [0.05, 0.1) is 18.9 Å².